The molecule has 0 atom stereocenters. The number of aromatic carboxylic acids is 1. The van der Waals surface area contributed by atoms with Crippen LogP contribution in [0, 0.1) is 0 Å². The van der Waals surface area contributed by atoms with Crippen molar-refractivity contribution >= 4 is 23.2 Å². The lowest BCUT2D eigenvalue weighted by Gasteiger charge is -2.44. The molecule has 1 spiro atoms. The maximum absolute atomic E-state index is 12.8. The summed E-state index contributed by atoms with van der Waals surface area (Å²) in [7, 11) is 1.52. The number of nitrogens with zero attached hydrogens (tertiary/aromatic N) is 2. The van der Waals surface area contributed by atoms with Gasteiger partial charge in [-0.15, -0.1) is 11.3 Å². The molecule has 1 amide bonds. The van der Waals surface area contributed by atoms with Gasteiger partial charge in [-0.05, 0) is 30.5 Å². The van der Waals surface area contributed by atoms with Gasteiger partial charge in [-0.2, -0.15) is 0 Å². The van der Waals surface area contributed by atoms with E-state index in [0.717, 1.165) is 16.9 Å². The van der Waals surface area contributed by atoms with Gasteiger partial charge in [0.1, 0.15) is 4.88 Å². The summed E-state index contributed by atoms with van der Waals surface area (Å²) in [6.45, 7) is 1.70. The van der Waals surface area contributed by atoms with E-state index in [1.165, 1.54) is 18.4 Å². The highest BCUT2D eigenvalue weighted by Gasteiger charge is 2.43. The molecule has 0 aliphatic carbocycles. The van der Waals surface area contributed by atoms with E-state index in [4.69, 9.17) is 9.47 Å². The van der Waals surface area contributed by atoms with Crippen LogP contribution in [0.4, 0.5) is 0 Å². The van der Waals surface area contributed by atoms with Crippen LogP contribution in [0.5, 0.6) is 5.88 Å². The molecule has 2 aromatic heterocycles. The molecule has 2 aliphatic heterocycles. The van der Waals surface area contributed by atoms with Crippen molar-refractivity contribution in [1.29, 1.82) is 0 Å². The number of methoxy groups -OCH3 is 1. The van der Waals surface area contributed by atoms with Crippen LogP contribution in [0.2, 0.25) is 0 Å². The second-order valence-electron chi connectivity index (χ2n) is 6.72. The molecule has 0 aromatic carbocycles. The van der Waals surface area contributed by atoms with Crippen LogP contribution >= 0.6 is 11.3 Å². The fourth-order valence-electron chi connectivity index (χ4n) is 3.84. The third-order valence-corrected chi connectivity index (χ3v) is 6.45. The summed E-state index contributed by atoms with van der Waals surface area (Å²) in [4.78, 5) is 31.4. The van der Waals surface area contributed by atoms with Crippen molar-refractivity contribution in [2.24, 2.45) is 0 Å². The Morgan fingerprint density at radius 2 is 2.11 bits per heavy atom. The van der Waals surface area contributed by atoms with E-state index in [-0.39, 0.29) is 5.91 Å². The van der Waals surface area contributed by atoms with Gasteiger partial charge in [-0.3, -0.25) is 4.79 Å². The molecule has 7 nitrogen and oxygen atoms in total. The molecule has 4 heterocycles. The maximum Gasteiger partial charge on any atom is 0.345 e. The predicted octanol–water partition coefficient (Wildman–Crippen LogP) is 2.55. The number of rotatable bonds is 3. The number of thiophene rings is 1. The number of aromatic nitrogens is 1. The van der Waals surface area contributed by atoms with E-state index < -0.39 is 11.6 Å². The summed E-state index contributed by atoms with van der Waals surface area (Å²) in [6.07, 6.45) is 3.62. The first-order chi connectivity index (χ1) is 13.0. The van der Waals surface area contributed by atoms with Crippen molar-refractivity contribution in [1.82, 2.24) is 9.88 Å². The Balaban J connectivity index is 1.52. The van der Waals surface area contributed by atoms with Crippen molar-refractivity contribution in [3.05, 3.63) is 45.3 Å². The Morgan fingerprint density at radius 3 is 2.81 bits per heavy atom. The third-order valence-electron chi connectivity index (χ3n) is 5.27. The van der Waals surface area contributed by atoms with Crippen LogP contribution in [-0.2, 0) is 16.8 Å². The third kappa shape index (κ3) is 3.19. The van der Waals surface area contributed by atoms with E-state index in [2.05, 4.69) is 4.98 Å². The summed E-state index contributed by atoms with van der Waals surface area (Å²) in [6, 6.07) is 5.08. The minimum absolute atomic E-state index is 0.0573. The molecule has 1 N–H and O–H groups in total. The first kappa shape index (κ1) is 17.9. The molecule has 2 aliphatic rings. The number of carboxylic acids is 1. The minimum Gasteiger partial charge on any atom is -0.481 e. The Morgan fingerprint density at radius 1 is 1.33 bits per heavy atom. The molecule has 0 unspecified atom stereocenters. The van der Waals surface area contributed by atoms with Crippen molar-refractivity contribution in [3.63, 3.8) is 0 Å². The number of hydrogen-bond donors (Lipinski definition) is 1. The largest absolute Gasteiger partial charge is 0.481 e. The number of pyridine rings is 1. The van der Waals surface area contributed by atoms with Gasteiger partial charge >= 0.3 is 5.97 Å². The highest BCUT2D eigenvalue weighted by Crippen LogP contribution is 2.44. The molecule has 4 rings (SSSR count). The van der Waals surface area contributed by atoms with Gasteiger partial charge in [0.25, 0.3) is 5.91 Å². The van der Waals surface area contributed by atoms with Gasteiger partial charge in [-0.1, -0.05) is 0 Å². The average molecular weight is 388 g/mol. The summed E-state index contributed by atoms with van der Waals surface area (Å²) in [5, 5.41) is 9.31. The summed E-state index contributed by atoms with van der Waals surface area (Å²) in [5.74, 6) is -0.545. The van der Waals surface area contributed by atoms with E-state index in [9.17, 15) is 14.7 Å². The molecular formula is C19H20N2O5S. The zero-order chi connectivity index (χ0) is 19.0. The van der Waals surface area contributed by atoms with E-state index in [0.29, 0.717) is 48.9 Å². The van der Waals surface area contributed by atoms with Gasteiger partial charge in [-0.25, -0.2) is 9.78 Å². The van der Waals surface area contributed by atoms with Crippen molar-refractivity contribution in [2.75, 3.05) is 26.8 Å². The second kappa shape index (κ2) is 6.94. The molecule has 0 saturated carbocycles. The van der Waals surface area contributed by atoms with Crippen molar-refractivity contribution < 1.29 is 24.2 Å². The number of carboxylic acid groups (broad SMARTS) is 1. The quantitative estimate of drug-likeness (QED) is 0.869. The summed E-state index contributed by atoms with van der Waals surface area (Å²) in [5.41, 5.74) is 1.06. The molecule has 0 bridgehead atoms. The minimum atomic E-state index is -0.899. The zero-order valence-corrected chi connectivity index (χ0v) is 15.8. The molecule has 0 radical (unpaired) electrons. The molecule has 1 saturated heterocycles. The van der Waals surface area contributed by atoms with E-state index in [1.54, 1.807) is 24.4 Å². The highest BCUT2D eigenvalue weighted by molar-refractivity contribution is 7.14. The molecule has 27 heavy (non-hydrogen) atoms. The van der Waals surface area contributed by atoms with Crippen LogP contribution in [-0.4, -0.2) is 53.7 Å². The van der Waals surface area contributed by atoms with Gasteiger partial charge in [0.2, 0.25) is 5.88 Å². The van der Waals surface area contributed by atoms with Crippen LogP contribution in [0.3, 0.4) is 0 Å². The zero-order valence-electron chi connectivity index (χ0n) is 14.9. The van der Waals surface area contributed by atoms with Crippen LogP contribution in [0.25, 0.3) is 0 Å². The maximum atomic E-state index is 12.8. The molecule has 2 aromatic rings. The van der Waals surface area contributed by atoms with Crippen LogP contribution in [0.1, 0.15) is 43.3 Å². The normalized spacial score (nSPS) is 18.2. The number of fused-ring (bicyclic) bond motifs is 2. The molecule has 142 valence electrons. The summed E-state index contributed by atoms with van der Waals surface area (Å²) < 4.78 is 11.2. The Kier molecular flexibility index (Phi) is 4.61. The molecule has 1 fully saturated rings. The number of likely N-dealkylation sites (tertiary alicyclic amines) is 1. The fourth-order valence-corrected chi connectivity index (χ4v) is 4.91. The predicted molar refractivity (Wildman–Crippen MR) is 98.5 cm³/mol. The van der Waals surface area contributed by atoms with Crippen LogP contribution in [0.15, 0.2) is 24.4 Å². The van der Waals surface area contributed by atoms with E-state index in [1.807, 2.05) is 4.90 Å². The van der Waals surface area contributed by atoms with Crippen LogP contribution < -0.4 is 4.74 Å². The lowest BCUT2D eigenvalue weighted by molar-refractivity contribution is -0.0926. The second-order valence-corrected chi connectivity index (χ2v) is 7.86. The number of hydrogen-bond acceptors (Lipinski definition) is 6. The van der Waals surface area contributed by atoms with Gasteiger partial charge < -0.3 is 19.5 Å². The molecule has 8 heteroatoms. The van der Waals surface area contributed by atoms with Crippen molar-refractivity contribution in [3.8, 4) is 5.88 Å². The smallest absolute Gasteiger partial charge is 0.345 e. The number of carbonyl (C=O) groups excluding carboxylic acids is 1. The highest BCUT2D eigenvalue weighted by atomic mass is 32.1. The lowest BCUT2D eigenvalue weighted by atomic mass is 9.82. The summed E-state index contributed by atoms with van der Waals surface area (Å²) >= 11 is 1.34. The number of amides is 1. The number of carbonyl (C=O) groups is 2. The van der Waals surface area contributed by atoms with Gasteiger partial charge in [0.15, 0.2) is 0 Å². The fraction of sp³-hybridized carbons (Fsp3) is 0.421. The topological polar surface area (TPSA) is 89.0 Å². The lowest BCUT2D eigenvalue weighted by Crippen LogP contribution is -2.48. The van der Waals surface area contributed by atoms with Gasteiger partial charge in [0.05, 0.1) is 19.3 Å². The Hall–Kier alpha value is -2.45. The Bertz CT molecular complexity index is 886. The molecular weight excluding hydrogens is 368 g/mol. The number of piperidine rings is 1. The van der Waals surface area contributed by atoms with Gasteiger partial charge in [0, 0.05) is 42.2 Å². The Labute approximate surface area is 160 Å². The first-order valence-electron chi connectivity index (χ1n) is 8.82. The van der Waals surface area contributed by atoms with Crippen molar-refractivity contribution in [2.45, 2.75) is 24.9 Å². The number of ether oxygens (including phenoxy) is 2. The monoisotopic (exact) mass is 388 g/mol. The SMILES string of the molecule is COc1cc(C(=O)N2CCC3(CC2)OCCc2sc(C(=O)O)cc23)ccn1. The first-order valence-corrected chi connectivity index (χ1v) is 9.64. The standard InChI is InChI=1S/C19H20N2O5S/c1-25-16-10-12(2-6-20-16)17(22)21-7-4-19(5-8-21)13-11-15(18(23)24)27-14(13)3-9-26-19/h2,6,10-11H,3-5,7-9H2,1H3,(H,23,24). The average Bonchev–Trinajstić information content (AvgIpc) is 3.15. The van der Waals surface area contributed by atoms with E-state index >= 15 is 0 Å².